The summed E-state index contributed by atoms with van der Waals surface area (Å²) in [5.74, 6) is 0.809. The third-order valence-corrected chi connectivity index (χ3v) is 3.01. The van der Waals surface area contributed by atoms with Crippen molar-refractivity contribution in [1.29, 1.82) is 0 Å². The molecular weight excluding hydrogens is 240 g/mol. The number of aryl methyl sites for hydroxylation is 1. The first-order chi connectivity index (χ1) is 9.06. The number of hydrogen-bond acceptors (Lipinski definition) is 3. The van der Waals surface area contributed by atoms with E-state index < -0.39 is 0 Å². The van der Waals surface area contributed by atoms with E-state index in [-0.39, 0.29) is 5.91 Å². The monoisotopic (exact) mass is 264 g/mol. The minimum atomic E-state index is -0.0208. The molecule has 1 atom stereocenters. The first-order valence-electron chi connectivity index (χ1n) is 6.83. The Morgan fingerprint density at radius 2 is 2.11 bits per heavy atom. The van der Waals surface area contributed by atoms with Crippen molar-refractivity contribution >= 4 is 11.6 Å². The Balaban J connectivity index is 2.54. The number of ether oxygens (including phenoxy) is 1. The van der Waals surface area contributed by atoms with Crippen molar-refractivity contribution in [3.05, 3.63) is 23.8 Å². The van der Waals surface area contributed by atoms with Gasteiger partial charge in [0.25, 0.3) is 0 Å². The summed E-state index contributed by atoms with van der Waals surface area (Å²) in [6.07, 6.45) is 1.01. The van der Waals surface area contributed by atoms with E-state index in [9.17, 15) is 4.79 Å². The summed E-state index contributed by atoms with van der Waals surface area (Å²) in [6.45, 7) is 9.04. The van der Waals surface area contributed by atoms with Crippen LogP contribution in [-0.4, -0.2) is 25.1 Å². The fourth-order valence-corrected chi connectivity index (χ4v) is 1.64. The summed E-state index contributed by atoms with van der Waals surface area (Å²) in [5.41, 5.74) is 1.84. The SMILES string of the molecule is CCOc1ccc(NC(=O)CNC(C)CC)c(C)c1. The molecule has 1 rings (SSSR count). The molecule has 0 heterocycles. The van der Waals surface area contributed by atoms with Crippen molar-refractivity contribution in [2.45, 2.75) is 40.2 Å². The zero-order chi connectivity index (χ0) is 14.3. The normalized spacial score (nSPS) is 12.0. The summed E-state index contributed by atoms with van der Waals surface area (Å²) < 4.78 is 5.42. The number of anilines is 1. The third kappa shape index (κ3) is 5.30. The zero-order valence-corrected chi connectivity index (χ0v) is 12.2. The van der Waals surface area contributed by atoms with Crippen molar-refractivity contribution in [2.24, 2.45) is 0 Å². The van der Waals surface area contributed by atoms with Gasteiger partial charge in [0.2, 0.25) is 5.91 Å². The second-order valence-electron chi connectivity index (χ2n) is 4.65. The molecule has 4 nitrogen and oxygen atoms in total. The van der Waals surface area contributed by atoms with Crippen LogP contribution in [0.5, 0.6) is 5.75 Å². The van der Waals surface area contributed by atoms with E-state index in [1.54, 1.807) is 0 Å². The van der Waals surface area contributed by atoms with Crippen LogP contribution in [0.4, 0.5) is 5.69 Å². The number of benzene rings is 1. The maximum absolute atomic E-state index is 11.8. The van der Waals surface area contributed by atoms with Gasteiger partial charge in [0.05, 0.1) is 13.2 Å². The topological polar surface area (TPSA) is 50.4 Å². The Morgan fingerprint density at radius 1 is 1.37 bits per heavy atom. The highest BCUT2D eigenvalue weighted by atomic mass is 16.5. The van der Waals surface area contributed by atoms with Gasteiger partial charge >= 0.3 is 0 Å². The van der Waals surface area contributed by atoms with Crippen molar-refractivity contribution in [3.8, 4) is 5.75 Å². The fourth-order valence-electron chi connectivity index (χ4n) is 1.64. The minimum absolute atomic E-state index is 0.0208. The van der Waals surface area contributed by atoms with E-state index in [2.05, 4.69) is 24.5 Å². The second kappa shape index (κ2) is 7.79. The van der Waals surface area contributed by atoms with Gasteiger partial charge in [0, 0.05) is 11.7 Å². The summed E-state index contributed by atoms with van der Waals surface area (Å²) in [7, 11) is 0. The molecule has 106 valence electrons. The Morgan fingerprint density at radius 3 is 2.68 bits per heavy atom. The van der Waals surface area contributed by atoms with Crippen molar-refractivity contribution in [1.82, 2.24) is 5.32 Å². The smallest absolute Gasteiger partial charge is 0.238 e. The molecule has 1 aromatic rings. The molecule has 0 aliphatic carbocycles. The predicted octanol–water partition coefficient (Wildman–Crippen LogP) is 2.72. The number of hydrogen-bond donors (Lipinski definition) is 2. The van der Waals surface area contributed by atoms with Gasteiger partial charge in [0.15, 0.2) is 0 Å². The number of carbonyl (C=O) groups excluding carboxylic acids is 1. The molecule has 1 unspecified atom stereocenters. The van der Waals surface area contributed by atoms with Gasteiger partial charge in [-0.15, -0.1) is 0 Å². The van der Waals surface area contributed by atoms with Gasteiger partial charge in [-0.2, -0.15) is 0 Å². The number of amides is 1. The molecule has 0 spiro atoms. The van der Waals surface area contributed by atoms with Crippen LogP contribution in [0.25, 0.3) is 0 Å². The van der Waals surface area contributed by atoms with Crippen LogP contribution < -0.4 is 15.4 Å². The molecule has 2 N–H and O–H groups in total. The lowest BCUT2D eigenvalue weighted by Gasteiger charge is -2.13. The lowest BCUT2D eigenvalue weighted by atomic mass is 10.2. The van der Waals surface area contributed by atoms with Crippen LogP contribution in [0.3, 0.4) is 0 Å². The van der Waals surface area contributed by atoms with Gasteiger partial charge in [-0.1, -0.05) is 6.92 Å². The van der Waals surface area contributed by atoms with E-state index in [0.29, 0.717) is 19.2 Å². The summed E-state index contributed by atoms with van der Waals surface area (Å²) in [4.78, 5) is 11.8. The molecule has 0 bridgehead atoms. The fraction of sp³-hybridized carbons (Fsp3) is 0.533. The van der Waals surface area contributed by atoms with Crippen LogP contribution in [-0.2, 0) is 4.79 Å². The Bertz CT molecular complexity index is 419. The maximum Gasteiger partial charge on any atom is 0.238 e. The van der Waals surface area contributed by atoms with Crippen molar-refractivity contribution < 1.29 is 9.53 Å². The molecule has 0 radical (unpaired) electrons. The van der Waals surface area contributed by atoms with Gasteiger partial charge in [-0.25, -0.2) is 0 Å². The van der Waals surface area contributed by atoms with E-state index in [1.165, 1.54) is 0 Å². The van der Waals surface area contributed by atoms with E-state index >= 15 is 0 Å². The molecule has 4 heteroatoms. The summed E-state index contributed by atoms with van der Waals surface area (Å²) in [6, 6.07) is 6.03. The van der Waals surface area contributed by atoms with E-state index in [4.69, 9.17) is 4.74 Å². The molecule has 0 aliphatic rings. The molecule has 0 saturated carbocycles. The van der Waals surface area contributed by atoms with Crippen LogP contribution in [0, 0.1) is 6.92 Å². The first-order valence-corrected chi connectivity index (χ1v) is 6.83. The first kappa shape index (κ1) is 15.5. The van der Waals surface area contributed by atoms with Gasteiger partial charge in [-0.05, 0) is 51.0 Å². The largest absolute Gasteiger partial charge is 0.494 e. The molecule has 1 aromatic carbocycles. The second-order valence-corrected chi connectivity index (χ2v) is 4.65. The predicted molar refractivity (Wildman–Crippen MR) is 78.7 cm³/mol. The molecule has 0 aromatic heterocycles. The molecule has 0 fully saturated rings. The standard InChI is InChI=1S/C15H24N2O2/c1-5-12(4)16-10-15(18)17-14-8-7-13(19-6-2)9-11(14)3/h7-9,12,16H,5-6,10H2,1-4H3,(H,17,18). The highest BCUT2D eigenvalue weighted by Gasteiger charge is 2.07. The van der Waals surface area contributed by atoms with Crippen LogP contribution in [0.1, 0.15) is 32.8 Å². The Kier molecular flexibility index (Phi) is 6.36. The molecule has 0 aliphatic heterocycles. The van der Waals surface area contributed by atoms with Crippen molar-refractivity contribution in [2.75, 3.05) is 18.5 Å². The highest BCUT2D eigenvalue weighted by molar-refractivity contribution is 5.93. The number of rotatable bonds is 7. The number of carbonyl (C=O) groups is 1. The van der Waals surface area contributed by atoms with E-state index in [0.717, 1.165) is 23.4 Å². The lowest BCUT2D eigenvalue weighted by molar-refractivity contribution is -0.115. The van der Waals surface area contributed by atoms with Crippen molar-refractivity contribution in [3.63, 3.8) is 0 Å². The summed E-state index contributed by atoms with van der Waals surface area (Å²) >= 11 is 0. The zero-order valence-electron chi connectivity index (χ0n) is 12.2. The minimum Gasteiger partial charge on any atom is -0.494 e. The summed E-state index contributed by atoms with van der Waals surface area (Å²) in [5, 5.41) is 6.07. The van der Waals surface area contributed by atoms with Gasteiger partial charge < -0.3 is 15.4 Å². The quantitative estimate of drug-likeness (QED) is 0.796. The Hall–Kier alpha value is -1.55. The molecule has 0 saturated heterocycles. The average molecular weight is 264 g/mol. The lowest BCUT2D eigenvalue weighted by Crippen LogP contribution is -2.34. The van der Waals surface area contributed by atoms with Crippen LogP contribution >= 0.6 is 0 Å². The van der Waals surface area contributed by atoms with Gasteiger partial charge in [0.1, 0.15) is 5.75 Å². The maximum atomic E-state index is 11.8. The highest BCUT2D eigenvalue weighted by Crippen LogP contribution is 2.21. The molecular formula is C15H24N2O2. The van der Waals surface area contributed by atoms with Crippen LogP contribution in [0.2, 0.25) is 0 Å². The van der Waals surface area contributed by atoms with Gasteiger partial charge in [-0.3, -0.25) is 4.79 Å². The molecule has 1 amide bonds. The van der Waals surface area contributed by atoms with Crippen LogP contribution in [0.15, 0.2) is 18.2 Å². The van der Waals surface area contributed by atoms with E-state index in [1.807, 2.05) is 32.0 Å². The number of nitrogens with one attached hydrogen (secondary N) is 2. The molecule has 19 heavy (non-hydrogen) atoms. The average Bonchev–Trinajstić information content (AvgIpc) is 2.39. The Labute approximate surface area is 115 Å². The third-order valence-electron chi connectivity index (χ3n) is 3.01.